The minimum atomic E-state index is -0.766. The molecule has 5 rings (SSSR count). The van der Waals surface area contributed by atoms with Gasteiger partial charge in [-0.2, -0.15) is 10.1 Å². The Labute approximate surface area is 205 Å². The molecule has 0 saturated heterocycles. The summed E-state index contributed by atoms with van der Waals surface area (Å²) in [7, 11) is 0. The molecule has 0 atom stereocenters. The van der Waals surface area contributed by atoms with Gasteiger partial charge in [-0.3, -0.25) is 29.8 Å². The Bertz CT molecular complexity index is 1600. The molecule has 0 spiro atoms. The molecule has 2 amide bonds. The number of nitro groups is 2. The summed E-state index contributed by atoms with van der Waals surface area (Å²) < 4.78 is 0. The number of carbonyl (C=O) groups is 2. The van der Waals surface area contributed by atoms with Gasteiger partial charge in [-0.05, 0) is 42.1 Å². The maximum atomic E-state index is 13.0. The zero-order valence-electron chi connectivity index (χ0n) is 18.0. The van der Waals surface area contributed by atoms with Crippen molar-refractivity contribution < 1.29 is 19.4 Å². The van der Waals surface area contributed by atoms with Crippen molar-refractivity contribution in [2.45, 2.75) is 10.1 Å². The van der Waals surface area contributed by atoms with E-state index in [0.717, 1.165) is 18.0 Å². The van der Waals surface area contributed by atoms with Crippen molar-refractivity contribution in [3.63, 3.8) is 0 Å². The molecule has 12 nitrogen and oxygen atoms in total. The fourth-order valence-electron chi connectivity index (χ4n) is 3.74. The Morgan fingerprint density at radius 3 is 2.25 bits per heavy atom. The first-order valence-electron chi connectivity index (χ1n) is 10.2. The van der Waals surface area contributed by atoms with Crippen molar-refractivity contribution in [2.75, 3.05) is 0 Å². The number of non-ortho nitro benzene ring substituents is 1. The number of amides is 2. The highest BCUT2D eigenvalue weighted by Gasteiger charge is 2.34. The number of aromatic nitrogens is 2. The standard InChI is InChI=1S/C23H12N6O6S/c30-21-15-4-1-3-14-17(28(32)33)7-6-16(20(14)15)22(31)27(21)26-12-13-5-8-19(18(11-13)29(34)35)36-23-24-9-2-10-25-23/h1-12H/b26-12+. The lowest BCUT2D eigenvalue weighted by Gasteiger charge is -2.22. The summed E-state index contributed by atoms with van der Waals surface area (Å²) in [6.45, 7) is 0. The normalized spacial score (nSPS) is 12.9. The number of rotatable bonds is 6. The van der Waals surface area contributed by atoms with Gasteiger partial charge >= 0.3 is 0 Å². The maximum absolute atomic E-state index is 13.0. The first-order valence-corrected chi connectivity index (χ1v) is 11.0. The van der Waals surface area contributed by atoms with E-state index >= 15 is 0 Å². The number of imide groups is 1. The molecule has 1 aliphatic rings. The monoisotopic (exact) mass is 500 g/mol. The van der Waals surface area contributed by atoms with Crippen LogP contribution in [0.1, 0.15) is 26.3 Å². The molecule has 3 aromatic carbocycles. The van der Waals surface area contributed by atoms with Crippen molar-refractivity contribution >= 4 is 51.9 Å². The van der Waals surface area contributed by atoms with E-state index in [1.165, 1.54) is 54.9 Å². The molecule has 0 fully saturated rings. The first kappa shape index (κ1) is 22.7. The number of benzene rings is 3. The van der Waals surface area contributed by atoms with Gasteiger partial charge in [-0.15, -0.1) is 0 Å². The van der Waals surface area contributed by atoms with Crippen LogP contribution in [0.4, 0.5) is 11.4 Å². The highest BCUT2D eigenvalue weighted by molar-refractivity contribution is 7.99. The number of nitro benzene ring substituents is 2. The van der Waals surface area contributed by atoms with Gasteiger partial charge < -0.3 is 0 Å². The van der Waals surface area contributed by atoms with Gasteiger partial charge in [0.15, 0.2) is 5.16 Å². The van der Waals surface area contributed by atoms with Crippen LogP contribution in [0.15, 0.2) is 82.1 Å². The zero-order valence-corrected chi connectivity index (χ0v) is 18.8. The fraction of sp³-hybridized carbons (Fsp3) is 0. The Kier molecular flexibility index (Phi) is 5.66. The second kappa shape index (κ2) is 8.96. The minimum Gasteiger partial charge on any atom is -0.267 e. The van der Waals surface area contributed by atoms with Crippen molar-refractivity contribution in [1.29, 1.82) is 0 Å². The molecule has 0 saturated carbocycles. The van der Waals surface area contributed by atoms with Gasteiger partial charge in [0.2, 0.25) is 0 Å². The van der Waals surface area contributed by atoms with E-state index in [0.29, 0.717) is 15.1 Å². The largest absolute Gasteiger partial charge is 0.283 e. The van der Waals surface area contributed by atoms with E-state index in [1.54, 1.807) is 12.1 Å². The van der Waals surface area contributed by atoms with E-state index < -0.39 is 21.7 Å². The lowest BCUT2D eigenvalue weighted by atomic mass is 9.94. The third kappa shape index (κ3) is 3.92. The summed E-state index contributed by atoms with van der Waals surface area (Å²) >= 11 is 1.02. The summed E-state index contributed by atoms with van der Waals surface area (Å²) in [5.74, 6) is -1.53. The van der Waals surface area contributed by atoms with Crippen LogP contribution in [0.2, 0.25) is 0 Å². The predicted molar refractivity (Wildman–Crippen MR) is 128 cm³/mol. The maximum Gasteiger partial charge on any atom is 0.283 e. The molecule has 4 aromatic rings. The summed E-state index contributed by atoms with van der Waals surface area (Å²) in [5, 5.41) is 28.3. The Balaban J connectivity index is 1.49. The van der Waals surface area contributed by atoms with Crippen LogP contribution in [0.3, 0.4) is 0 Å². The lowest BCUT2D eigenvalue weighted by Crippen LogP contribution is -2.36. The van der Waals surface area contributed by atoms with Crippen LogP contribution < -0.4 is 0 Å². The van der Waals surface area contributed by atoms with Gasteiger partial charge in [0.25, 0.3) is 23.2 Å². The average Bonchev–Trinajstić information content (AvgIpc) is 2.88. The van der Waals surface area contributed by atoms with E-state index in [2.05, 4.69) is 15.1 Å². The molecule has 176 valence electrons. The summed E-state index contributed by atoms with van der Waals surface area (Å²) in [5.41, 5.74) is -0.00476. The van der Waals surface area contributed by atoms with Gasteiger partial charge in [0, 0.05) is 35.5 Å². The van der Waals surface area contributed by atoms with Crippen LogP contribution in [0, 0.1) is 20.2 Å². The Hall–Kier alpha value is -5.04. The molecular weight excluding hydrogens is 488 g/mol. The molecule has 0 aliphatic carbocycles. The number of nitrogens with zero attached hydrogens (tertiary/aromatic N) is 6. The summed E-state index contributed by atoms with van der Waals surface area (Å²) in [6, 6.07) is 12.8. The number of hydrogen-bond donors (Lipinski definition) is 0. The summed E-state index contributed by atoms with van der Waals surface area (Å²) in [4.78, 5) is 56.3. The predicted octanol–water partition coefficient (Wildman–Crippen LogP) is 4.23. The SMILES string of the molecule is O=C1c2cccc3c([N+](=O)[O-])ccc(c23)C(=O)N1/N=C/c1ccc(Sc2ncccn2)c([N+](=O)[O-])c1. The summed E-state index contributed by atoms with van der Waals surface area (Å²) in [6.07, 6.45) is 4.20. The van der Waals surface area contributed by atoms with E-state index in [1.807, 2.05) is 0 Å². The molecule has 0 unspecified atom stereocenters. The topological polar surface area (TPSA) is 162 Å². The number of hydrogen-bond acceptors (Lipinski definition) is 10. The van der Waals surface area contributed by atoms with Crippen LogP contribution in [-0.2, 0) is 0 Å². The molecule has 13 heteroatoms. The van der Waals surface area contributed by atoms with Crippen molar-refractivity contribution in [2.24, 2.45) is 5.10 Å². The van der Waals surface area contributed by atoms with Crippen molar-refractivity contribution in [1.82, 2.24) is 15.0 Å². The van der Waals surface area contributed by atoms with Crippen LogP contribution >= 0.6 is 11.8 Å². The highest BCUT2D eigenvalue weighted by atomic mass is 32.2. The fourth-order valence-corrected chi connectivity index (χ4v) is 4.53. The molecule has 0 N–H and O–H groups in total. The zero-order chi connectivity index (χ0) is 25.4. The highest BCUT2D eigenvalue weighted by Crippen LogP contribution is 2.36. The third-order valence-electron chi connectivity index (χ3n) is 5.31. The third-order valence-corrected chi connectivity index (χ3v) is 6.26. The molecule has 2 heterocycles. The second-order valence-electron chi connectivity index (χ2n) is 7.40. The lowest BCUT2D eigenvalue weighted by molar-refractivity contribution is -0.387. The molecule has 1 aliphatic heterocycles. The van der Waals surface area contributed by atoms with Crippen LogP contribution in [0.25, 0.3) is 10.8 Å². The van der Waals surface area contributed by atoms with Crippen molar-refractivity contribution in [3.05, 3.63) is 104 Å². The molecular formula is C23H12N6O6S. The molecule has 1 aromatic heterocycles. The number of carbonyl (C=O) groups excluding carboxylic acids is 2. The van der Waals surface area contributed by atoms with Crippen LogP contribution in [0.5, 0.6) is 0 Å². The van der Waals surface area contributed by atoms with Crippen molar-refractivity contribution in [3.8, 4) is 0 Å². The van der Waals surface area contributed by atoms with E-state index in [9.17, 15) is 29.8 Å². The van der Waals surface area contributed by atoms with Gasteiger partial charge in [-0.25, -0.2) is 9.97 Å². The van der Waals surface area contributed by atoms with E-state index in [4.69, 9.17) is 0 Å². The second-order valence-corrected chi connectivity index (χ2v) is 8.41. The number of hydrazone groups is 1. The van der Waals surface area contributed by atoms with Gasteiger partial charge in [0.05, 0.1) is 37.5 Å². The smallest absolute Gasteiger partial charge is 0.267 e. The quantitative estimate of drug-likeness (QED) is 0.124. The first-order chi connectivity index (χ1) is 17.3. The average molecular weight is 500 g/mol. The van der Waals surface area contributed by atoms with E-state index in [-0.39, 0.29) is 38.8 Å². The minimum absolute atomic E-state index is 0.0866. The Morgan fingerprint density at radius 1 is 0.861 bits per heavy atom. The molecule has 0 radical (unpaired) electrons. The van der Waals surface area contributed by atoms with Crippen LogP contribution in [-0.4, -0.2) is 42.9 Å². The molecule has 36 heavy (non-hydrogen) atoms. The van der Waals surface area contributed by atoms with Gasteiger partial charge in [-0.1, -0.05) is 12.1 Å². The Morgan fingerprint density at radius 2 is 1.56 bits per heavy atom. The molecule has 0 bridgehead atoms. The van der Waals surface area contributed by atoms with Gasteiger partial charge in [0.1, 0.15) is 0 Å².